The van der Waals surface area contributed by atoms with Crippen LogP contribution in [-0.4, -0.2) is 41.2 Å². The number of amides is 1. The van der Waals surface area contributed by atoms with Crippen LogP contribution in [0.4, 0.5) is 0 Å². The molecular formula is C8H16BrNOS. The van der Waals surface area contributed by atoms with E-state index in [0.717, 1.165) is 24.8 Å². The van der Waals surface area contributed by atoms with E-state index in [1.807, 2.05) is 11.2 Å². The van der Waals surface area contributed by atoms with E-state index < -0.39 is 0 Å². The summed E-state index contributed by atoms with van der Waals surface area (Å²) in [5, 5.41) is 0.868. The Morgan fingerprint density at radius 3 is 2.58 bits per heavy atom. The van der Waals surface area contributed by atoms with Crippen LogP contribution in [0.2, 0.25) is 0 Å². The molecule has 0 N–H and O–H groups in total. The van der Waals surface area contributed by atoms with Crippen molar-refractivity contribution in [1.82, 2.24) is 4.90 Å². The van der Waals surface area contributed by atoms with Crippen molar-refractivity contribution in [2.24, 2.45) is 0 Å². The standard InChI is InChI=1S/C8H16BrNOS/c1-3-5-10(6-4-9)8(11)7-12-2/h3-7H2,1-2H3. The molecule has 1 amide bonds. The lowest BCUT2D eigenvalue weighted by Crippen LogP contribution is -2.34. The number of halogens is 1. The third kappa shape index (κ3) is 5.04. The molecule has 12 heavy (non-hydrogen) atoms. The summed E-state index contributed by atoms with van der Waals surface area (Å²) in [7, 11) is 0. The predicted molar refractivity (Wildman–Crippen MR) is 59.0 cm³/mol. The second kappa shape index (κ2) is 7.92. The first-order valence-electron chi connectivity index (χ1n) is 4.09. The second-order valence-electron chi connectivity index (χ2n) is 2.50. The molecule has 0 aromatic heterocycles. The normalized spacial score (nSPS) is 9.92. The molecule has 0 unspecified atom stereocenters. The maximum atomic E-state index is 11.4. The minimum atomic E-state index is 0.254. The maximum absolute atomic E-state index is 11.4. The van der Waals surface area contributed by atoms with Crippen molar-refractivity contribution >= 4 is 33.6 Å². The molecule has 0 aliphatic carbocycles. The number of thioether (sulfide) groups is 1. The number of alkyl halides is 1. The van der Waals surface area contributed by atoms with Gasteiger partial charge in [0.1, 0.15) is 0 Å². The zero-order valence-corrected chi connectivity index (χ0v) is 10.1. The summed E-state index contributed by atoms with van der Waals surface area (Å²) >= 11 is 4.92. The number of nitrogens with zero attached hydrogens (tertiary/aromatic N) is 1. The first kappa shape index (κ1) is 12.3. The predicted octanol–water partition coefficient (Wildman–Crippen LogP) is 1.98. The molecule has 2 nitrogen and oxygen atoms in total. The van der Waals surface area contributed by atoms with Crippen LogP contribution >= 0.6 is 27.7 Å². The van der Waals surface area contributed by atoms with E-state index in [1.165, 1.54) is 0 Å². The minimum Gasteiger partial charge on any atom is -0.341 e. The highest BCUT2D eigenvalue weighted by Gasteiger charge is 2.09. The molecule has 0 fully saturated rings. The van der Waals surface area contributed by atoms with Crippen LogP contribution in [0.1, 0.15) is 13.3 Å². The first-order valence-corrected chi connectivity index (χ1v) is 6.60. The highest BCUT2D eigenvalue weighted by Crippen LogP contribution is 2.00. The van der Waals surface area contributed by atoms with Crippen LogP contribution in [-0.2, 0) is 4.79 Å². The van der Waals surface area contributed by atoms with Crippen molar-refractivity contribution in [2.75, 3.05) is 30.4 Å². The minimum absolute atomic E-state index is 0.254. The molecule has 0 radical (unpaired) electrons. The number of carbonyl (C=O) groups excluding carboxylic acids is 1. The Morgan fingerprint density at radius 2 is 2.17 bits per heavy atom. The average molecular weight is 254 g/mol. The van der Waals surface area contributed by atoms with Crippen LogP contribution in [0.25, 0.3) is 0 Å². The van der Waals surface area contributed by atoms with Crippen molar-refractivity contribution in [3.63, 3.8) is 0 Å². The van der Waals surface area contributed by atoms with E-state index in [4.69, 9.17) is 0 Å². The SMILES string of the molecule is CCCN(CCBr)C(=O)CSC. The molecule has 72 valence electrons. The van der Waals surface area contributed by atoms with Crippen molar-refractivity contribution in [1.29, 1.82) is 0 Å². The van der Waals surface area contributed by atoms with Gasteiger partial charge >= 0.3 is 0 Å². The van der Waals surface area contributed by atoms with E-state index in [9.17, 15) is 4.79 Å². The largest absolute Gasteiger partial charge is 0.341 e. The molecule has 4 heteroatoms. The lowest BCUT2D eigenvalue weighted by molar-refractivity contribution is -0.128. The van der Waals surface area contributed by atoms with Crippen LogP contribution in [0.3, 0.4) is 0 Å². The zero-order chi connectivity index (χ0) is 9.40. The Bertz CT molecular complexity index is 126. The van der Waals surface area contributed by atoms with Crippen LogP contribution in [0, 0.1) is 0 Å². The van der Waals surface area contributed by atoms with Crippen LogP contribution in [0.5, 0.6) is 0 Å². The Hall–Kier alpha value is 0.300. The highest BCUT2D eigenvalue weighted by atomic mass is 79.9. The highest BCUT2D eigenvalue weighted by molar-refractivity contribution is 9.09. The van der Waals surface area contributed by atoms with E-state index >= 15 is 0 Å². The van der Waals surface area contributed by atoms with Gasteiger partial charge in [-0.25, -0.2) is 0 Å². The van der Waals surface area contributed by atoms with Crippen molar-refractivity contribution in [3.05, 3.63) is 0 Å². The van der Waals surface area contributed by atoms with Gasteiger partial charge in [-0.15, -0.1) is 0 Å². The number of hydrogen-bond acceptors (Lipinski definition) is 2. The van der Waals surface area contributed by atoms with Gasteiger partial charge in [-0.1, -0.05) is 22.9 Å². The van der Waals surface area contributed by atoms with Gasteiger partial charge in [0.2, 0.25) is 5.91 Å². The smallest absolute Gasteiger partial charge is 0.232 e. The van der Waals surface area contributed by atoms with Gasteiger partial charge in [-0.3, -0.25) is 4.79 Å². The van der Waals surface area contributed by atoms with Gasteiger partial charge in [0.25, 0.3) is 0 Å². The fourth-order valence-corrected chi connectivity index (χ4v) is 1.81. The van der Waals surface area contributed by atoms with Gasteiger partial charge in [0, 0.05) is 18.4 Å². The third-order valence-electron chi connectivity index (χ3n) is 1.47. The Labute approximate surface area is 87.2 Å². The van der Waals surface area contributed by atoms with Gasteiger partial charge in [0.05, 0.1) is 5.75 Å². The van der Waals surface area contributed by atoms with Crippen LogP contribution in [0.15, 0.2) is 0 Å². The molecule has 0 bridgehead atoms. The first-order chi connectivity index (χ1) is 5.76. The van der Waals surface area contributed by atoms with Gasteiger partial charge in [-0.2, -0.15) is 11.8 Å². The lowest BCUT2D eigenvalue weighted by atomic mass is 10.4. The molecule has 0 aromatic carbocycles. The summed E-state index contributed by atoms with van der Waals surface area (Å²) in [5.41, 5.74) is 0. The van der Waals surface area contributed by atoms with E-state index in [-0.39, 0.29) is 5.91 Å². The molecule has 0 atom stereocenters. The third-order valence-corrected chi connectivity index (χ3v) is 2.36. The molecule has 0 aliphatic heterocycles. The molecule has 0 aromatic rings. The van der Waals surface area contributed by atoms with Crippen LogP contribution < -0.4 is 0 Å². The van der Waals surface area contributed by atoms with Crippen molar-refractivity contribution < 1.29 is 4.79 Å². The molecule has 0 saturated carbocycles. The Kier molecular flexibility index (Phi) is 8.12. The van der Waals surface area contributed by atoms with E-state index in [2.05, 4.69) is 22.9 Å². The number of rotatable bonds is 6. The second-order valence-corrected chi connectivity index (χ2v) is 4.16. The molecule has 0 heterocycles. The summed E-state index contributed by atoms with van der Waals surface area (Å²) in [5.74, 6) is 0.858. The van der Waals surface area contributed by atoms with Gasteiger partial charge < -0.3 is 4.90 Å². The van der Waals surface area contributed by atoms with E-state index in [1.54, 1.807) is 11.8 Å². The molecular weight excluding hydrogens is 238 g/mol. The monoisotopic (exact) mass is 253 g/mol. The van der Waals surface area contributed by atoms with Gasteiger partial charge in [0.15, 0.2) is 0 Å². The summed E-state index contributed by atoms with van der Waals surface area (Å²) in [6.07, 6.45) is 2.99. The Morgan fingerprint density at radius 1 is 1.50 bits per heavy atom. The van der Waals surface area contributed by atoms with E-state index in [0.29, 0.717) is 5.75 Å². The maximum Gasteiger partial charge on any atom is 0.232 e. The zero-order valence-electron chi connectivity index (χ0n) is 7.68. The summed E-state index contributed by atoms with van der Waals surface area (Å²) in [6.45, 7) is 3.80. The van der Waals surface area contributed by atoms with Crippen molar-refractivity contribution in [2.45, 2.75) is 13.3 Å². The average Bonchev–Trinajstić information content (AvgIpc) is 2.04. The fourth-order valence-electron chi connectivity index (χ4n) is 0.948. The van der Waals surface area contributed by atoms with Crippen molar-refractivity contribution in [3.8, 4) is 0 Å². The quantitative estimate of drug-likeness (QED) is 0.675. The Balaban J connectivity index is 3.81. The molecule has 0 saturated heterocycles. The molecule has 0 spiro atoms. The molecule has 0 aliphatic rings. The molecule has 0 rings (SSSR count). The summed E-state index contributed by atoms with van der Waals surface area (Å²) < 4.78 is 0. The number of hydrogen-bond donors (Lipinski definition) is 0. The topological polar surface area (TPSA) is 20.3 Å². The van der Waals surface area contributed by atoms with Gasteiger partial charge in [-0.05, 0) is 12.7 Å². The number of carbonyl (C=O) groups is 1. The fraction of sp³-hybridized carbons (Fsp3) is 0.875. The summed E-state index contributed by atoms with van der Waals surface area (Å²) in [6, 6.07) is 0. The lowest BCUT2D eigenvalue weighted by Gasteiger charge is -2.20. The summed E-state index contributed by atoms with van der Waals surface area (Å²) in [4.78, 5) is 13.3.